The van der Waals surface area contributed by atoms with Crippen molar-refractivity contribution in [3.8, 4) is 0 Å². The van der Waals surface area contributed by atoms with Gasteiger partial charge in [0.15, 0.2) is 5.96 Å². The van der Waals surface area contributed by atoms with E-state index in [4.69, 9.17) is 4.74 Å². The van der Waals surface area contributed by atoms with Gasteiger partial charge in [0.2, 0.25) is 0 Å². The second kappa shape index (κ2) is 7.50. The molecule has 1 spiro atoms. The van der Waals surface area contributed by atoms with E-state index < -0.39 is 0 Å². The molecule has 3 heterocycles. The number of nitrogens with zero attached hydrogens (tertiary/aromatic N) is 4. The maximum absolute atomic E-state index is 5.63. The van der Waals surface area contributed by atoms with E-state index >= 15 is 0 Å². The van der Waals surface area contributed by atoms with Gasteiger partial charge in [-0.1, -0.05) is 30.3 Å². The Kier molecular flexibility index (Phi) is 4.93. The molecule has 26 heavy (non-hydrogen) atoms. The second-order valence-corrected chi connectivity index (χ2v) is 7.33. The molecule has 1 aromatic heterocycles. The lowest BCUT2D eigenvalue weighted by Gasteiger charge is -2.25. The molecule has 6 nitrogen and oxygen atoms in total. The number of aliphatic imine (C=N–C) groups is 1. The van der Waals surface area contributed by atoms with Gasteiger partial charge >= 0.3 is 0 Å². The minimum absolute atomic E-state index is 0.337. The predicted octanol–water partition coefficient (Wildman–Crippen LogP) is 2.12. The average Bonchev–Trinajstić information content (AvgIpc) is 3.40. The molecule has 1 N–H and O–H groups in total. The lowest BCUT2D eigenvalue weighted by Crippen LogP contribution is -2.41. The first kappa shape index (κ1) is 17.1. The third-order valence-electron chi connectivity index (χ3n) is 5.54. The Morgan fingerprint density at radius 1 is 1.31 bits per heavy atom. The average molecular weight is 353 g/mol. The normalized spacial score (nSPS) is 23.1. The zero-order chi connectivity index (χ0) is 17.8. The van der Waals surface area contributed by atoms with Gasteiger partial charge in [0.25, 0.3) is 0 Å². The van der Waals surface area contributed by atoms with Crippen molar-refractivity contribution in [3.63, 3.8) is 0 Å². The van der Waals surface area contributed by atoms with Gasteiger partial charge in [0.05, 0.1) is 13.2 Å². The molecule has 0 aliphatic carbocycles. The van der Waals surface area contributed by atoms with Gasteiger partial charge in [0.1, 0.15) is 5.82 Å². The number of benzene rings is 1. The molecule has 2 aliphatic heterocycles. The maximum Gasteiger partial charge on any atom is 0.194 e. The zero-order valence-electron chi connectivity index (χ0n) is 15.4. The number of aromatic nitrogens is 2. The lowest BCUT2D eigenvalue weighted by molar-refractivity contribution is 0.156. The Morgan fingerprint density at radius 3 is 2.96 bits per heavy atom. The van der Waals surface area contributed by atoms with E-state index in [1.165, 1.54) is 18.4 Å². The van der Waals surface area contributed by atoms with E-state index in [-0.39, 0.29) is 0 Å². The van der Waals surface area contributed by atoms with Gasteiger partial charge in [-0.3, -0.25) is 4.99 Å². The molecule has 4 rings (SSSR count). The summed E-state index contributed by atoms with van der Waals surface area (Å²) >= 11 is 0. The van der Waals surface area contributed by atoms with Crippen molar-refractivity contribution >= 4 is 5.96 Å². The summed E-state index contributed by atoms with van der Waals surface area (Å²) in [6, 6.07) is 10.5. The lowest BCUT2D eigenvalue weighted by atomic mass is 9.87. The molecule has 1 aromatic carbocycles. The van der Waals surface area contributed by atoms with Crippen LogP contribution in [0.1, 0.15) is 24.2 Å². The number of hydrogen-bond donors (Lipinski definition) is 1. The summed E-state index contributed by atoms with van der Waals surface area (Å²) in [6.07, 6.45) is 6.26. The first-order valence-corrected chi connectivity index (χ1v) is 9.35. The van der Waals surface area contributed by atoms with Crippen LogP contribution >= 0.6 is 0 Å². The van der Waals surface area contributed by atoms with Crippen LogP contribution in [-0.4, -0.2) is 53.8 Å². The number of imidazole rings is 1. The van der Waals surface area contributed by atoms with E-state index in [0.717, 1.165) is 44.6 Å². The summed E-state index contributed by atoms with van der Waals surface area (Å²) in [5, 5.41) is 3.50. The SMILES string of the molecule is CN=C(NCc1nccn1Cc1ccccc1)N1CCC2(CCOC2)C1. The van der Waals surface area contributed by atoms with Crippen LogP contribution < -0.4 is 5.32 Å². The van der Waals surface area contributed by atoms with Crippen LogP contribution in [0.5, 0.6) is 0 Å². The smallest absolute Gasteiger partial charge is 0.194 e. The summed E-state index contributed by atoms with van der Waals surface area (Å²) < 4.78 is 7.82. The van der Waals surface area contributed by atoms with Gasteiger partial charge in [-0.2, -0.15) is 0 Å². The molecular weight excluding hydrogens is 326 g/mol. The first-order valence-electron chi connectivity index (χ1n) is 9.35. The fraction of sp³-hybridized carbons (Fsp3) is 0.500. The topological polar surface area (TPSA) is 54.7 Å². The number of nitrogens with one attached hydrogen (secondary N) is 1. The number of likely N-dealkylation sites (tertiary alicyclic amines) is 1. The Labute approximate surface area is 154 Å². The minimum Gasteiger partial charge on any atom is -0.381 e. The third-order valence-corrected chi connectivity index (χ3v) is 5.54. The molecule has 1 unspecified atom stereocenters. The van der Waals surface area contributed by atoms with Gasteiger partial charge < -0.3 is 19.5 Å². The molecule has 0 amide bonds. The summed E-state index contributed by atoms with van der Waals surface area (Å²) in [5.74, 6) is 1.98. The summed E-state index contributed by atoms with van der Waals surface area (Å²) in [5.41, 5.74) is 1.61. The zero-order valence-corrected chi connectivity index (χ0v) is 15.4. The van der Waals surface area contributed by atoms with Crippen molar-refractivity contribution in [2.45, 2.75) is 25.9 Å². The molecule has 0 saturated carbocycles. The molecule has 2 saturated heterocycles. The largest absolute Gasteiger partial charge is 0.381 e. The van der Waals surface area contributed by atoms with Crippen molar-refractivity contribution in [1.82, 2.24) is 19.8 Å². The van der Waals surface area contributed by atoms with Crippen molar-refractivity contribution in [1.29, 1.82) is 0 Å². The van der Waals surface area contributed by atoms with E-state index in [0.29, 0.717) is 12.0 Å². The number of hydrogen-bond acceptors (Lipinski definition) is 3. The number of ether oxygens (including phenoxy) is 1. The summed E-state index contributed by atoms with van der Waals surface area (Å²) in [6.45, 7) is 5.37. The molecule has 2 aliphatic rings. The van der Waals surface area contributed by atoms with Crippen LogP contribution in [0.2, 0.25) is 0 Å². The van der Waals surface area contributed by atoms with E-state index in [1.54, 1.807) is 0 Å². The second-order valence-electron chi connectivity index (χ2n) is 7.33. The van der Waals surface area contributed by atoms with Crippen molar-refractivity contribution < 1.29 is 4.74 Å². The highest BCUT2D eigenvalue weighted by atomic mass is 16.5. The summed E-state index contributed by atoms with van der Waals surface area (Å²) in [4.78, 5) is 11.4. The van der Waals surface area contributed by atoms with Gasteiger partial charge in [0, 0.05) is 51.1 Å². The minimum atomic E-state index is 0.337. The van der Waals surface area contributed by atoms with Crippen molar-refractivity contribution in [3.05, 3.63) is 54.1 Å². The highest BCUT2D eigenvalue weighted by molar-refractivity contribution is 5.80. The fourth-order valence-corrected chi connectivity index (χ4v) is 4.01. The Bertz CT molecular complexity index is 749. The molecule has 0 bridgehead atoms. The molecule has 2 aromatic rings. The molecule has 138 valence electrons. The van der Waals surface area contributed by atoms with Crippen LogP contribution in [0.25, 0.3) is 0 Å². The van der Waals surface area contributed by atoms with Gasteiger partial charge in [-0.25, -0.2) is 4.98 Å². The Hall–Kier alpha value is -2.34. The Morgan fingerprint density at radius 2 is 2.19 bits per heavy atom. The molecule has 6 heteroatoms. The van der Waals surface area contributed by atoms with E-state index in [1.807, 2.05) is 25.5 Å². The standard InChI is InChI=1S/C20H27N5O/c1-21-19(25-10-7-20(15-25)8-12-26-16-20)23-13-18-22-9-11-24(18)14-17-5-3-2-4-6-17/h2-6,9,11H,7-8,10,12-16H2,1H3,(H,21,23). The molecule has 0 radical (unpaired) electrons. The quantitative estimate of drug-likeness (QED) is 0.676. The van der Waals surface area contributed by atoms with Gasteiger partial charge in [-0.15, -0.1) is 0 Å². The maximum atomic E-state index is 5.63. The highest BCUT2D eigenvalue weighted by Gasteiger charge is 2.42. The third kappa shape index (κ3) is 3.60. The van der Waals surface area contributed by atoms with E-state index in [2.05, 4.69) is 49.0 Å². The van der Waals surface area contributed by atoms with E-state index in [9.17, 15) is 0 Å². The highest BCUT2D eigenvalue weighted by Crippen LogP contribution is 2.38. The first-order chi connectivity index (χ1) is 12.8. The number of rotatable bonds is 4. The van der Waals surface area contributed by atoms with Crippen LogP contribution in [0.15, 0.2) is 47.7 Å². The van der Waals surface area contributed by atoms with Crippen molar-refractivity contribution in [2.75, 3.05) is 33.4 Å². The van der Waals surface area contributed by atoms with Gasteiger partial charge in [-0.05, 0) is 18.4 Å². The van der Waals surface area contributed by atoms with Crippen LogP contribution in [-0.2, 0) is 17.8 Å². The monoisotopic (exact) mass is 353 g/mol. The van der Waals surface area contributed by atoms with Crippen molar-refractivity contribution in [2.24, 2.45) is 10.4 Å². The van der Waals surface area contributed by atoms with Crippen LogP contribution in [0.4, 0.5) is 0 Å². The van der Waals surface area contributed by atoms with Crippen LogP contribution in [0, 0.1) is 5.41 Å². The van der Waals surface area contributed by atoms with Crippen LogP contribution in [0.3, 0.4) is 0 Å². The predicted molar refractivity (Wildman–Crippen MR) is 102 cm³/mol. The number of guanidine groups is 1. The molecule has 1 atom stereocenters. The fourth-order valence-electron chi connectivity index (χ4n) is 4.01. The Balaban J connectivity index is 1.37. The molecule has 2 fully saturated rings. The molecular formula is C20H27N5O. The summed E-state index contributed by atoms with van der Waals surface area (Å²) in [7, 11) is 1.86.